The van der Waals surface area contributed by atoms with Crippen molar-refractivity contribution in [2.75, 3.05) is 26.9 Å². The Morgan fingerprint density at radius 2 is 2.06 bits per heavy atom. The van der Waals surface area contributed by atoms with Crippen LogP contribution >= 0.6 is 0 Å². The minimum Gasteiger partial charge on any atom is -0.393 e. The third kappa shape index (κ3) is 6.61. The molecule has 0 aromatic heterocycles. The summed E-state index contributed by atoms with van der Waals surface area (Å²) in [6, 6.07) is 0. The van der Waals surface area contributed by atoms with Crippen LogP contribution in [0.4, 0.5) is 0 Å². The van der Waals surface area contributed by atoms with Crippen LogP contribution in [0, 0.1) is 0 Å². The molecule has 0 radical (unpaired) electrons. The van der Waals surface area contributed by atoms with Crippen molar-refractivity contribution >= 4 is 5.91 Å². The van der Waals surface area contributed by atoms with E-state index in [1.165, 1.54) is 0 Å². The topological polar surface area (TPSA) is 67.8 Å². The van der Waals surface area contributed by atoms with Gasteiger partial charge in [-0.25, -0.2) is 0 Å². The van der Waals surface area contributed by atoms with Crippen LogP contribution < -0.4 is 5.32 Å². The van der Waals surface area contributed by atoms with Gasteiger partial charge in [0.2, 0.25) is 5.91 Å². The molecule has 1 amide bonds. The van der Waals surface area contributed by atoms with Crippen molar-refractivity contribution in [3.8, 4) is 0 Å². The zero-order valence-corrected chi connectivity index (χ0v) is 10.5. The first-order valence-corrected chi connectivity index (χ1v) is 6.27. The molecule has 0 unspecified atom stereocenters. The summed E-state index contributed by atoms with van der Waals surface area (Å²) in [5.41, 5.74) is 0. The highest BCUT2D eigenvalue weighted by Gasteiger charge is 2.20. The Morgan fingerprint density at radius 3 is 2.71 bits per heavy atom. The Kier molecular flexibility index (Phi) is 7.16. The molecule has 0 aliphatic heterocycles. The standard InChI is InChI=1S/C12H23NO4/c1-16-8-2-7-13-12(15)9-17-11-5-3-10(14)4-6-11/h10-11,14H,2-9H2,1H3,(H,13,15). The Morgan fingerprint density at radius 1 is 1.35 bits per heavy atom. The fourth-order valence-corrected chi connectivity index (χ4v) is 1.90. The summed E-state index contributed by atoms with van der Waals surface area (Å²) in [4.78, 5) is 11.4. The van der Waals surface area contributed by atoms with Gasteiger partial charge in [0.1, 0.15) is 6.61 Å². The van der Waals surface area contributed by atoms with E-state index in [1.54, 1.807) is 7.11 Å². The molecule has 1 aliphatic carbocycles. The maximum absolute atomic E-state index is 11.4. The Bertz CT molecular complexity index is 215. The molecule has 0 bridgehead atoms. The molecule has 5 nitrogen and oxygen atoms in total. The molecule has 0 spiro atoms. The molecule has 1 saturated carbocycles. The van der Waals surface area contributed by atoms with Crippen LogP contribution in [0.15, 0.2) is 0 Å². The highest BCUT2D eigenvalue weighted by molar-refractivity contribution is 5.77. The highest BCUT2D eigenvalue weighted by Crippen LogP contribution is 2.20. The van der Waals surface area contributed by atoms with E-state index in [-0.39, 0.29) is 24.7 Å². The van der Waals surface area contributed by atoms with Crippen molar-refractivity contribution in [2.24, 2.45) is 0 Å². The summed E-state index contributed by atoms with van der Waals surface area (Å²) in [7, 11) is 1.64. The number of nitrogens with one attached hydrogen (secondary N) is 1. The summed E-state index contributed by atoms with van der Waals surface area (Å²) in [5, 5.41) is 12.1. The lowest BCUT2D eigenvalue weighted by atomic mass is 9.95. The number of methoxy groups -OCH3 is 1. The first-order chi connectivity index (χ1) is 8.22. The van der Waals surface area contributed by atoms with Crippen molar-refractivity contribution < 1.29 is 19.4 Å². The molecule has 5 heteroatoms. The van der Waals surface area contributed by atoms with Gasteiger partial charge in [0.15, 0.2) is 0 Å². The van der Waals surface area contributed by atoms with E-state index in [0.29, 0.717) is 13.2 Å². The lowest BCUT2D eigenvalue weighted by molar-refractivity contribution is -0.128. The summed E-state index contributed by atoms with van der Waals surface area (Å²) < 4.78 is 10.4. The van der Waals surface area contributed by atoms with Gasteiger partial charge in [-0.3, -0.25) is 4.79 Å². The molecule has 1 fully saturated rings. The quantitative estimate of drug-likeness (QED) is 0.639. The van der Waals surface area contributed by atoms with Gasteiger partial charge in [-0.15, -0.1) is 0 Å². The predicted octanol–water partition coefficient (Wildman–Crippen LogP) is 0.459. The van der Waals surface area contributed by atoms with Gasteiger partial charge in [-0.2, -0.15) is 0 Å². The van der Waals surface area contributed by atoms with Gasteiger partial charge in [0, 0.05) is 20.3 Å². The second-order valence-electron chi connectivity index (χ2n) is 4.44. The van der Waals surface area contributed by atoms with Gasteiger partial charge >= 0.3 is 0 Å². The van der Waals surface area contributed by atoms with Crippen LogP contribution in [-0.2, 0) is 14.3 Å². The van der Waals surface area contributed by atoms with Gasteiger partial charge in [-0.1, -0.05) is 0 Å². The molecule has 0 heterocycles. The van der Waals surface area contributed by atoms with E-state index in [9.17, 15) is 9.90 Å². The summed E-state index contributed by atoms with van der Waals surface area (Å²) in [6.07, 6.45) is 4.01. The Balaban J connectivity index is 1.99. The van der Waals surface area contributed by atoms with Crippen molar-refractivity contribution in [2.45, 2.75) is 44.3 Å². The maximum atomic E-state index is 11.4. The lowest BCUT2D eigenvalue weighted by Crippen LogP contribution is -2.32. The number of rotatable bonds is 7. The zero-order valence-electron chi connectivity index (χ0n) is 10.5. The smallest absolute Gasteiger partial charge is 0.246 e. The summed E-state index contributed by atoms with van der Waals surface area (Å²) in [6.45, 7) is 1.40. The molecule has 1 aliphatic rings. The number of carbonyl (C=O) groups is 1. The van der Waals surface area contributed by atoms with E-state index in [1.807, 2.05) is 0 Å². The minimum atomic E-state index is -0.183. The molecular weight excluding hydrogens is 222 g/mol. The maximum Gasteiger partial charge on any atom is 0.246 e. The molecule has 2 N–H and O–H groups in total. The largest absolute Gasteiger partial charge is 0.393 e. The van der Waals surface area contributed by atoms with Gasteiger partial charge < -0.3 is 19.9 Å². The second kappa shape index (κ2) is 8.44. The Labute approximate surface area is 102 Å². The normalized spacial score (nSPS) is 24.6. The van der Waals surface area contributed by atoms with Crippen LogP contribution in [0.1, 0.15) is 32.1 Å². The van der Waals surface area contributed by atoms with Crippen molar-refractivity contribution in [3.05, 3.63) is 0 Å². The monoisotopic (exact) mass is 245 g/mol. The Hall–Kier alpha value is -0.650. The van der Waals surface area contributed by atoms with Crippen molar-refractivity contribution in [1.82, 2.24) is 5.32 Å². The molecule has 0 aromatic carbocycles. The molecule has 17 heavy (non-hydrogen) atoms. The van der Waals surface area contributed by atoms with Gasteiger partial charge in [0.25, 0.3) is 0 Å². The molecule has 0 atom stereocenters. The number of hydrogen-bond acceptors (Lipinski definition) is 4. The zero-order chi connectivity index (χ0) is 12.5. The van der Waals surface area contributed by atoms with Gasteiger partial charge in [-0.05, 0) is 32.1 Å². The number of aliphatic hydroxyl groups excluding tert-OH is 1. The average Bonchev–Trinajstić information content (AvgIpc) is 2.34. The van der Waals surface area contributed by atoms with E-state index in [4.69, 9.17) is 9.47 Å². The second-order valence-corrected chi connectivity index (χ2v) is 4.44. The van der Waals surface area contributed by atoms with Crippen molar-refractivity contribution in [1.29, 1.82) is 0 Å². The molecule has 0 saturated heterocycles. The summed E-state index contributed by atoms with van der Waals surface area (Å²) >= 11 is 0. The molecule has 1 rings (SSSR count). The van der Waals surface area contributed by atoms with Crippen LogP contribution in [0.25, 0.3) is 0 Å². The van der Waals surface area contributed by atoms with Crippen LogP contribution in [0.3, 0.4) is 0 Å². The number of hydrogen-bond donors (Lipinski definition) is 2. The van der Waals surface area contributed by atoms with Crippen LogP contribution in [-0.4, -0.2) is 50.1 Å². The third-order valence-electron chi connectivity index (χ3n) is 2.94. The molecule has 100 valence electrons. The van der Waals surface area contributed by atoms with E-state index in [0.717, 1.165) is 32.1 Å². The highest BCUT2D eigenvalue weighted by atomic mass is 16.5. The van der Waals surface area contributed by atoms with E-state index in [2.05, 4.69) is 5.32 Å². The number of carbonyl (C=O) groups excluding carboxylic acids is 1. The lowest BCUT2D eigenvalue weighted by Gasteiger charge is -2.25. The third-order valence-corrected chi connectivity index (χ3v) is 2.94. The molecule has 0 aromatic rings. The van der Waals surface area contributed by atoms with E-state index < -0.39 is 0 Å². The first kappa shape index (κ1) is 14.4. The van der Waals surface area contributed by atoms with Crippen LogP contribution in [0.5, 0.6) is 0 Å². The van der Waals surface area contributed by atoms with Gasteiger partial charge in [0.05, 0.1) is 12.2 Å². The first-order valence-electron chi connectivity index (χ1n) is 6.27. The van der Waals surface area contributed by atoms with E-state index >= 15 is 0 Å². The number of amides is 1. The average molecular weight is 245 g/mol. The van der Waals surface area contributed by atoms with Crippen molar-refractivity contribution in [3.63, 3.8) is 0 Å². The fraction of sp³-hybridized carbons (Fsp3) is 0.917. The SMILES string of the molecule is COCCCNC(=O)COC1CCC(O)CC1. The number of aliphatic hydroxyl groups is 1. The number of ether oxygens (including phenoxy) is 2. The van der Waals surface area contributed by atoms with Crippen LogP contribution in [0.2, 0.25) is 0 Å². The molecular formula is C12H23NO4. The minimum absolute atomic E-state index is 0.0766. The summed E-state index contributed by atoms with van der Waals surface area (Å²) in [5.74, 6) is -0.0766. The predicted molar refractivity (Wildman–Crippen MR) is 63.7 cm³/mol. The fourth-order valence-electron chi connectivity index (χ4n) is 1.90.